The molecule has 0 radical (unpaired) electrons. The second kappa shape index (κ2) is 5.54. The zero-order valence-corrected chi connectivity index (χ0v) is 12.6. The van der Waals surface area contributed by atoms with Crippen molar-refractivity contribution in [3.63, 3.8) is 0 Å². The first-order valence-electron chi connectivity index (χ1n) is 6.35. The number of pyridine rings is 1. The average molecular weight is 342 g/mol. The highest BCUT2D eigenvalue weighted by Crippen LogP contribution is 2.26. The molecule has 0 bridgehead atoms. The molecular formula is C16H12BrN3O. The molecule has 5 heteroatoms. The smallest absolute Gasteiger partial charge is 0.256 e. The van der Waals surface area contributed by atoms with Crippen LogP contribution in [-0.2, 0) is 0 Å². The Labute approximate surface area is 130 Å². The van der Waals surface area contributed by atoms with Crippen molar-refractivity contribution in [2.75, 3.05) is 11.1 Å². The van der Waals surface area contributed by atoms with Crippen LogP contribution in [0.5, 0.6) is 0 Å². The number of carbonyl (C=O) groups excluding carboxylic acids is 1. The number of carbonyl (C=O) groups is 1. The largest absolute Gasteiger partial charge is 0.399 e. The van der Waals surface area contributed by atoms with Crippen molar-refractivity contribution in [1.29, 1.82) is 0 Å². The van der Waals surface area contributed by atoms with Gasteiger partial charge in [0.1, 0.15) is 0 Å². The quantitative estimate of drug-likeness (QED) is 0.696. The summed E-state index contributed by atoms with van der Waals surface area (Å²) >= 11 is 3.39. The summed E-state index contributed by atoms with van der Waals surface area (Å²) in [6, 6.07) is 14.4. The molecule has 3 rings (SSSR count). The van der Waals surface area contributed by atoms with Gasteiger partial charge in [-0.05, 0) is 52.3 Å². The molecule has 0 aliphatic carbocycles. The van der Waals surface area contributed by atoms with Gasteiger partial charge in [-0.25, -0.2) is 0 Å². The van der Waals surface area contributed by atoms with E-state index in [1.807, 2.05) is 24.3 Å². The highest BCUT2D eigenvalue weighted by Gasteiger charge is 2.11. The van der Waals surface area contributed by atoms with Gasteiger partial charge in [-0.15, -0.1) is 0 Å². The average Bonchev–Trinajstić information content (AvgIpc) is 2.49. The van der Waals surface area contributed by atoms with Crippen LogP contribution < -0.4 is 11.1 Å². The van der Waals surface area contributed by atoms with Gasteiger partial charge in [0.2, 0.25) is 0 Å². The number of hydrogen-bond acceptors (Lipinski definition) is 3. The number of anilines is 2. The van der Waals surface area contributed by atoms with Crippen molar-refractivity contribution in [2.24, 2.45) is 0 Å². The topological polar surface area (TPSA) is 68.0 Å². The molecule has 21 heavy (non-hydrogen) atoms. The SMILES string of the molecule is Nc1ccc(NC(=O)c2cccc3ncccc23)c(Br)c1. The standard InChI is InChI=1S/C16H12BrN3O/c17-13-9-10(18)6-7-15(13)20-16(21)12-3-1-5-14-11(12)4-2-8-19-14/h1-9H,18H2,(H,20,21). The van der Waals surface area contributed by atoms with E-state index >= 15 is 0 Å². The Bertz CT molecular complexity index is 827. The van der Waals surface area contributed by atoms with E-state index < -0.39 is 0 Å². The lowest BCUT2D eigenvalue weighted by Gasteiger charge is -2.09. The van der Waals surface area contributed by atoms with Gasteiger partial charge in [-0.2, -0.15) is 0 Å². The number of aromatic nitrogens is 1. The monoisotopic (exact) mass is 341 g/mol. The first-order valence-corrected chi connectivity index (χ1v) is 7.14. The summed E-state index contributed by atoms with van der Waals surface area (Å²) in [6.45, 7) is 0. The van der Waals surface area contributed by atoms with Gasteiger partial charge in [-0.3, -0.25) is 9.78 Å². The van der Waals surface area contributed by atoms with Gasteiger partial charge in [0.05, 0.1) is 11.2 Å². The lowest BCUT2D eigenvalue weighted by Crippen LogP contribution is -2.13. The Morgan fingerprint density at radius 2 is 2.00 bits per heavy atom. The summed E-state index contributed by atoms with van der Waals surface area (Å²) in [5, 5.41) is 3.70. The number of amides is 1. The lowest BCUT2D eigenvalue weighted by molar-refractivity contribution is 0.102. The zero-order chi connectivity index (χ0) is 14.8. The fourth-order valence-corrected chi connectivity index (χ4v) is 2.62. The maximum Gasteiger partial charge on any atom is 0.256 e. The van der Waals surface area contributed by atoms with Crippen LogP contribution in [0.3, 0.4) is 0 Å². The highest BCUT2D eigenvalue weighted by atomic mass is 79.9. The van der Waals surface area contributed by atoms with Crippen LogP contribution in [-0.4, -0.2) is 10.9 Å². The molecule has 0 saturated heterocycles. The van der Waals surface area contributed by atoms with Gasteiger partial charge in [0.15, 0.2) is 0 Å². The molecule has 0 atom stereocenters. The van der Waals surface area contributed by atoms with Crippen molar-refractivity contribution < 1.29 is 4.79 Å². The lowest BCUT2D eigenvalue weighted by atomic mass is 10.1. The third-order valence-electron chi connectivity index (χ3n) is 3.13. The van der Waals surface area contributed by atoms with Crippen LogP contribution >= 0.6 is 15.9 Å². The number of nitrogens with zero attached hydrogens (tertiary/aromatic N) is 1. The second-order valence-corrected chi connectivity index (χ2v) is 5.42. The molecule has 1 aromatic heterocycles. The van der Waals surface area contributed by atoms with Gasteiger partial charge in [-0.1, -0.05) is 12.1 Å². The summed E-state index contributed by atoms with van der Waals surface area (Å²) < 4.78 is 0.745. The summed E-state index contributed by atoms with van der Waals surface area (Å²) in [4.78, 5) is 16.7. The molecule has 1 amide bonds. The minimum absolute atomic E-state index is 0.181. The predicted molar refractivity (Wildman–Crippen MR) is 88.3 cm³/mol. The van der Waals surface area contributed by atoms with E-state index in [9.17, 15) is 4.79 Å². The molecule has 0 saturated carbocycles. The molecule has 0 unspecified atom stereocenters. The van der Waals surface area contributed by atoms with Crippen molar-refractivity contribution in [2.45, 2.75) is 0 Å². The van der Waals surface area contributed by atoms with Crippen LogP contribution in [0.15, 0.2) is 59.2 Å². The molecule has 0 aliphatic heterocycles. The van der Waals surface area contributed by atoms with Crippen LogP contribution in [0.1, 0.15) is 10.4 Å². The fraction of sp³-hybridized carbons (Fsp3) is 0. The number of hydrogen-bond donors (Lipinski definition) is 2. The van der Waals surface area contributed by atoms with E-state index in [0.29, 0.717) is 16.9 Å². The second-order valence-electron chi connectivity index (χ2n) is 4.57. The first-order chi connectivity index (χ1) is 10.1. The Morgan fingerprint density at radius 3 is 2.81 bits per heavy atom. The third-order valence-corrected chi connectivity index (χ3v) is 3.79. The minimum atomic E-state index is -0.181. The summed E-state index contributed by atoms with van der Waals surface area (Å²) in [6.07, 6.45) is 1.71. The number of nitrogens with one attached hydrogen (secondary N) is 1. The molecule has 0 aliphatic rings. The van der Waals surface area contributed by atoms with Gasteiger partial charge >= 0.3 is 0 Å². The van der Waals surface area contributed by atoms with Crippen molar-refractivity contribution >= 4 is 44.1 Å². The maximum absolute atomic E-state index is 12.5. The molecule has 0 fully saturated rings. The number of halogens is 1. The van der Waals surface area contributed by atoms with E-state index in [4.69, 9.17) is 5.73 Å². The Hall–Kier alpha value is -2.40. The molecular weight excluding hydrogens is 330 g/mol. The molecule has 3 N–H and O–H groups in total. The van der Waals surface area contributed by atoms with Crippen molar-refractivity contribution in [3.05, 3.63) is 64.8 Å². The maximum atomic E-state index is 12.5. The normalized spacial score (nSPS) is 10.5. The summed E-state index contributed by atoms with van der Waals surface area (Å²) in [7, 11) is 0. The van der Waals surface area contributed by atoms with Crippen LogP contribution in [0, 0.1) is 0 Å². The molecule has 1 heterocycles. The summed E-state index contributed by atoms with van der Waals surface area (Å²) in [5.41, 5.74) is 8.38. The van der Waals surface area contributed by atoms with E-state index in [1.54, 1.807) is 30.5 Å². The number of rotatable bonds is 2. The van der Waals surface area contributed by atoms with Crippen LogP contribution in [0.2, 0.25) is 0 Å². The number of nitrogens with two attached hydrogens (primary N) is 1. The number of fused-ring (bicyclic) bond motifs is 1. The van der Waals surface area contributed by atoms with Gasteiger partial charge in [0.25, 0.3) is 5.91 Å². The zero-order valence-electron chi connectivity index (χ0n) is 11.0. The number of nitrogen functional groups attached to an aromatic ring is 1. The van der Waals surface area contributed by atoms with E-state index in [2.05, 4.69) is 26.2 Å². The third kappa shape index (κ3) is 2.73. The summed E-state index contributed by atoms with van der Waals surface area (Å²) in [5.74, 6) is -0.181. The van der Waals surface area contributed by atoms with Gasteiger partial charge < -0.3 is 11.1 Å². The Kier molecular flexibility index (Phi) is 3.58. The molecule has 104 valence electrons. The predicted octanol–water partition coefficient (Wildman–Crippen LogP) is 3.83. The minimum Gasteiger partial charge on any atom is -0.399 e. The molecule has 2 aromatic carbocycles. The van der Waals surface area contributed by atoms with Crippen molar-refractivity contribution in [3.8, 4) is 0 Å². The highest BCUT2D eigenvalue weighted by molar-refractivity contribution is 9.10. The number of benzene rings is 2. The van der Waals surface area contributed by atoms with Crippen LogP contribution in [0.4, 0.5) is 11.4 Å². The van der Waals surface area contributed by atoms with Crippen molar-refractivity contribution in [1.82, 2.24) is 4.98 Å². The Balaban J connectivity index is 1.97. The molecule has 3 aromatic rings. The van der Waals surface area contributed by atoms with Gasteiger partial charge in [0, 0.05) is 27.3 Å². The Morgan fingerprint density at radius 1 is 1.14 bits per heavy atom. The van der Waals surface area contributed by atoms with E-state index in [1.165, 1.54) is 0 Å². The molecule has 0 spiro atoms. The van der Waals surface area contributed by atoms with E-state index in [0.717, 1.165) is 15.4 Å². The van der Waals surface area contributed by atoms with E-state index in [-0.39, 0.29) is 5.91 Å². The fourth-order valence-electron chi connectivity index (χ4n) is 2.12. The van der Waals surface area contributed by atoms with Crippen LogP contribution in [0.25, 0.3) is 10.9 Å². The first kappa shape index (κ1) is 13.6. The molecule has 4 nitrogen and oxygen atoms in total.